The zero-order valence-corrected chi connectivity index (χ0v) is 18.4. The molecule has 0 N–H and O–H groups in total. The molecule has 6 nitrogen and oxygen atoms in total. The Morgan fingerprint density at radius 3 is 2.52 bits per heavy atom. The molecular formula is C24H19BrN4O2. The lowest BCUT2D eigenvalue weighted by Crippen LogP contribution is -2.22. The fraction of sp³-hybridized carbons (Fsp3) is 0.0833. The quantitative estimate of drug-likeness (QED) is 0.292. The second-order valence-electron chi connectivity index (χ2n) is 6.77. The Kier molecular flexibility index (Phi) is 6.33. The molecule has 154 valence electrons. The molecule has 0 atom stereocenters. The summed E-state index contributed by atoms with van der Waals surface area (Å²) in [6.45, 7) is 1.86. The van der Waals surface area contributed by atoms with Crippen molar-refractivity contribution in [3.8, 4) is 0 Å². The average Bonchev–Trinajstić information content (AvgIpc) is 2.80. The van der Waals surface area contributed by atoms with Gasteiger partial charge >= 0.3 is 0 Å². The maximum Gasteiger partial charge on any atom is 0.282 e. The van der Waals surface area contributed by atoms with Crippen molar-refractivity contribution in [2.75, 3.05) is 0 Å². The molecule has 1 aromatic heterocycles. The van der Waals surface area contributed by atoms with Gasteiger partial charge in [0.1, 0.15) is 0 Å². The number of oxime groups is 1. The molecule has 1 heterocycles. The summed E-state index contributed by atoms with van der Waals surface area (Å²) >= 11 is 3.41. The molecule has 0 aliphatic heterocycles. The number of para-hydroxylation sites is 1. The predicted molar refractivity (Wildman–Crippen MR) is 127 cm³/mol. The van der Waals surface area contributed by atoms with Crippen LogP contribution in [0.25, 0.3) is 10.9 Å². The van der Waals surface area contributed by atoms with E-state index in [1.165, 1.54) is 4.68 Å². The summed E-state index contributed by atoms with van der Waals surface area (Å²) in [7, 11) is 0. The first-order valence-corrected chi connectivity index (χ1v) is 10.4. The van der Waals surface area contributed by atoms with Crippen LogP contribution in [0.3, 0.4) is 0 Å². The number of hydrogen-bond acceptors (Lipinski definition) is 5. The highest BCUT2D eigenvalue weighted by Gasteiger charge is 2.11. The Balaban J connectivity index is 1.67. The summed E-state index contributed by atoms with van der Waals surface area (Å²) in [4.78, 5) is 23.2. The van der Waals surface area contributed by atoms with Gasteiger partial charge in [0.05, 0.1) is 22.8 Å². The van der Waals surface area contributed by atoms with Crippen LogP contribution in [0.1, 0.15) is 23.9 Å². The summed E-state index contributed by atoms with van der Waals surface area (Å²) in [5.41, 5.74) is 2.87. The molecule has 31 heavy (non-hydrogen) atoms. The zero-order chi connectivity index (χ0) is 21.6. The number of hydrogen-bond donors (Lipinski definition) is 0. The highest BCUT2D eigenvalue weighted by Crippen LogP contribution is 2.11. The van der Waals surface area contributed by atoms with Gasteiger partial charge in [0, 0.05) is 4.47 Å². The van der Waals surface area contributed by atoms with Gasteiger partial charge in [0.2, 0.25) is 0 Å². The van der Waals surface area contributed by atoms with Crippen molar-refractivity contribution in [1.82, 2.24) is 9.66 Å². The minimum atomic E-state index is -0.263. The van der Waals surface area contributed by atoms with Gasteiger partial charge in [0.15, 0.2) is 12.4 Å². The van der Waals surface area contributed by atoms with Gasteiger partial charge in [0.25, 0.3) is 5.56 Å². The van der Waals surface area contributed by atoms with Crippen molar-refractivity contribution in [1.29, 1.82) is 0 Å². The van der Waals surface area contributed by atoms with Crippen molar-refractivity contribution in [2.24, 2.45) is 10.3 Å². The van der Waals surface area contributed by atoms with E-state index in [-0.39, 0.29) is 12.2 Å². The van der Waals surface area contributed by atoms with E-state index in [1.54, 1.807) is 24.4 Å². The molecule has 0 saturated carbocycles. The molecule has 0 aliphatic rings. The SMILES string of the molecule is CC(=NOCc1nc2ccccc2c(=O)n1N=Cc1ccc(Br)cc1)c1ccccc1. The van der Waals surface area contributed by atoms with Crippen molar-refractivity contribution >= 4 is 38.8 Å². The highest BCUT2D eigenvalue weighted by atomic mass is 79.9. The fourth-order valence-corrected chi connectivity index (χ4v) is 3.24. The Bertz CT molecular complexity index is 1310. The summed E-state index contributed by atoms with van der Waals surface area (Å²) in [6.07, 6.45) is 1.62. The molecule has 0 unspecified atom stereocenters. The number of rotatable bonds is 6. The number of fused-ring (bicyclic) bond motifs is 1. The number of benzene rings is 3. The predicted octanol–water partition coefficient (Wildman–Crippen LogP) is 4.98. The smallest absolute Gasteiger partial charge is 0.282 e. The first-order chi connectivity index (χ1) is 15.1. The van der Waals surface area contributed by atoms with E-state index < -0.39 is 0 Å². The second-order valence-corrected chi connectivity index (χ2v) is 7.69. The molecule has 0 radical (unpaired) electrons. The van der Waals surface area contributed by atoms with Gasteiger partial charge in [-0.05, 0) is 42.3 Å². The maximum atomic E-state index is 13.1. The standard InChI is InChI=1S/C24H19BrN4O2/c1-17(19-7-3-2-4-8-19)28-31-16-23-27-22-10-6-5-9-21(22)24(30)29(23)26-15-18-11-13-20(25)14-12-18/h2-15H,16H2,1H3. The molecule has 0 bridgehead atoms. The van der Waals surface area contributed by atoms with E-state index in [1.807, 2.05) is 67.6 Å². The molecule has 3 aromatic carbocycles. The molecule has 0 amide bonds. The summed E-state index contributed by atoms with van der Waals surface area (Å²) in [5, 5.41) is 9.05. The summed E-state index contributed by atoms with van der Waals surface area (Å²) in [5.74, 6) is 0.363. The van der Waals surface area contributed by atoms with E-state index >= 15 is 0 Å². The summed E-state index contributed by atoms with van der Waals surface area (Å²) < 4.78 is 2.23. The van der Waals surface area contributed by atoms with Crippen LogP contribution in [-0.2, 0) is 11.4 Å². The van der Waals surface area contributed by atoms with Gasteiger partial charge in [-0.2, -0.15) is 9.78 Å². The monoisotopic (exact) mass is 474 g/mol. The van der Waals surface area contributed by atoms with E-state index in [0.717, 1.165) is 21.3 Å². The molecule has 7 heteroatoms. The largest absolute Gasteiger partial charge is 0.387 e. The molecular weight excluding hydrogens is 456 g/mol. The Labute approximate surface area is 187 Å². The molecule has 0 saturated heterocycles. The number of nitrogens with zero attached hydrogens (tertiary/aromatic N) is 4. The minimum absolute atomic E-state index is 0.00191. The maximum absolute atomic E-state index is 13.1. The summed E-state index contributed by atoms with van der Waals surface area (Å²) in [6, 6.07) is 24.5. The molecule has 0 spiro atoms. The average molecular weight is 475 g/mol. The van der Waals surface area contributed by atoms with E-state index in [0.29, 0.717) is 16.7 Å². The van der Waals surface area contributed by atoms with Crippen LogP contribution < -0.4 is 5.56 Å². The zero-order valence-electron chi connectivity index (χ0n) is 16.8. The lowest BCUT2D eigenvalue weighted by atomic mass is 10.1. The third-order valence-corrected chi connectivity index (χ3v) is 5.13. The fourth-order valence-electron chi connectivity index (χ4n) is 2.97. The number of aromatic nitrogens is 2. The first kappa shape index (κ1) is 20.7. The van der Waals surface area contributed by atoms with Crippen LogP contribution in [0.2, 0.25) is 0 Å². The molecule has 0 fully saturated rings. The van der Waals surface area contributed by atoms with Crippen molar-refractivity contribution in [2.45, 2.75) is 13.5 Å². The normalized spacial score (nSPS) is 11.9. The van der Waals surface area contributed by atoms with E-state index in [9.17, 15) is 4.79 Å². The van der Waals surface area contributed by atoms with E-state index in [4.69, 9.17) is 4.84 Å². The van der Waals surface area contributed by atoms with Gasteiger partial charge in [-0.15, -0.1) is 0 Å². The Morgan fingerprint density at radius 2 is 1.74 bits per heavy atom. The minimum Gasteiger partial charge on any atom is -0.387 e. The van der Waals surface area contributed by atoms with Gasteiger partial charge < -0.3 is 4.84 Å². The van der Waals surface area contributed by atoms with Crippen LogP contribution in [0.4, 0.5) is 0 Å². The second kappa shape index (κ2) is 9.49. The highest BCUT2D eigenvalue weighted by molar-refractivity contribution is 9.10. The molecule has 4 rings (SSSR count). The Hall–Kier alpha value is -3.58. The lowest BCUT2D eigenvalue weighted by molar-refractivity contribution is 0.122. The van der Waals surface area contributed by atoms with Crippen LogP contribution in [-0.4, -0.2) is 21.6 Å². The third kappa shape index (κ3) is 4.95. The lowest BCUT2D eigenvalue weighted by Gasteiger charge is -2.09. The number of halogens is 1. The van der Waals surface area contributed by atoms with Crippen LogP contribution in [0.5, 0.6) is 0 Å². The topological polar surface area (TPSA) is 68.8 Å². The van der Waals surface area contributed by atoms with Crippen LogP contribution in [0, 0.1) is 0 Å². The van der Waals surface area contributed by atoms with Gasteiger partial charge in [-0.25, -0.2) is 4.98 Å². The van der Waals surface area contributed by atoms with Crippen molar-refractivity contribution in [3.63, 3.8) is 0 Å². The first-order valence-electron chi connectivity index (χ1n) is 9.64. The van der Waals surface area contributed by atoms with Gasteiger partial charge in [-0.1, -0.05) is 75.7 Å². The van der Waals surface area contributed by atoms with Crippen LogP contribution in [0.15, 0.2) is 98.4 Å². The molecule has 0 aliphatic carbocycles. The van der Waals surface area contributed by atoms with Crippen molar-refractivity contribution < 1.29 is 4.84 Å². The van der Waals surface area contributed by atoms with Crippen molar-refractivity contribution in [3.05, 3.63) is 111 Å². The van der Waals surface area contributed by atoms with Gasteiger partial charge in [-0.3, -0.25) is 4.79 Å². The Morgan fingerprint density at radius 1 is 1.03 bits per heavy atom. The third-order valence-electron chi connectivity index (χ3n) is 4.60. The van der Waals surface area contributed by atoms with E-state index in [2.05, 4.69) is 31.2 Å². The molecule has 4 aromatic rings. The van der Waals surface area contributed by atoms with Crippen LogP contribution >= 0.6 is 15.9 Å².